The maximum absolute atomic E-state index is 14.3. The molecule has 2 heterocycles. The third kappa shape index (κ3) is 5.39. The number of nitrogens with zero attached hydrogens (tertiary/aromatic N) is 2. The first-order valence-electron chi connectivity index (χ1n) is 12.7. The second kappa shape index (κ2) is 10.9. The summed E-state index contributed by atoms with van der Waals surface area (Å²) in [5, 5.41) is 2.84. The Balaban J connectivity index is 1.76. The summed E-state index contributed by atoms with van der Waals surface area (Å²) in [4.78, 5) is 27.5. The standard InChI is InChI=1S/C29H26F3N3O5S/c1-33-28(36)26-23-13-22(18-4-3-5-19(12-18)29(37)34-11-10-21(32)15-34)24(35(16-30)41(2,38)39)14-25(23)40-27(26)17-6-8-20(31)9-7-17/h3-9,12-14,21H,10-11,15-16H2,1-2H3,(H,33,36). The van der Waals surface area contributed by atoms with Crippen molar-refractivity contribution < 1.29 is 35.6 Å². The average Bonchev–Trinajstić information content (AvgIpc) is 3.55. The second-order valence-electron chi connectivity index (χ2n) is 9.71. The summed E-state index contributed by atoms with van der Waals surface area (Å²) in [5.74, 6) is -1.31. The molecule has 0 aliphatic carbocycles. The van der Waals surface area contributed by atoms with E-state index >= 15 is 0 Å². The minimum absolute atomic E-state index is 0.0271. The van der Waals surface area contributed by atoms with Crippen LogP contribution in [0.5, 0.6) is 0 Å². The van der Waals surface area contributed by atoms with Gasteiger partial charge in [0.15, 0.2) is 6.80 Å². The number of hydrogen-bond donors (Lipinski definition) is 1. The molecule has 0 saturated carbocycles. The molecule has 1 fully saturated rings. The number of nitrogens with one attached hydrogen (secondary N) is 1. The van der Waals surface area contributed by atoms with Gasteiger partial charge in [0.2, 0.25) is 10.0 Å². The van der Waals surface area contributed by atoms with E-state index in [1.807, 2.05) is 0 Å². The number of carbonyl (C=O) groups is 2. The molecule has 0 spiro atoms. The van der Waals surface area contributed by atoms with E-state index in [1.165, 1.54) is 54.4 Å². The fourth-order valence-corrected chi connectivity index (χ4v) is 5.65. The summed E-state index contributed by atoms with van der Waals surface area (Å²) in [6.45, 7) is -1.15. The van der Waals surface area contributed by atoms with Crippen molar-refractivity contribution >= 4 is 38.5 Å². The molecule has 1 unspecified atom stereocenters. The van der Waals surface area contributed by atoms with Crippen molar-refractivity contribution in [3.63, 3.8) is 0 Å². The minimum atomic E-state index is -4.12. The smallest absolute Gasteiger partial charge is 0.255 e. The van der Waals surface area contributed by atoms with E-state index in [2.05, 4.69) is 5.32 Å². The van der Waals surface area contributed by atoms with Gasteiger partial charge in [-0.3, -0.25) is 9.59 Å². The highest BCUT2D eigenvalue weighted by atomic mass is 32.2. The summed E-state index contributed by atoms with van der Waals surface area (Å²) in [6.07, 6.45) is -0.0161. The van der Waals surface area contributed by atoms with Crippen molar-refractivity contribution in [1.29, 1.82) is 0 Å². The van der Waals surface area contributed by atoms with E-state index < -0.39 is 40.6 Å². The molecule has 0 bridgehead atoms. The summed E-state index contributed by atoms with van der Waals surface area (Å²) < 4.78 is 73.4. The predicted molar refractivity (Wildman–Crippen MR) is 149 cm³/mol. The second-order valence-corrected chi connectivity index (χ2v) is 11.6. The van der Waals surface area contributed by atoms with E-state index in [4.69, 9.17) is 4.42 Å². The topological polar surface area (TPSA) is 99.9 Å². The Kier molecular flexibility index (Phi) is 7.52. The molecule has 0 radical (unpaired) electrons. The number of sulfonamides is 1. The molecule has 1 aromatic heterocycles. The van der Waals surface area contributed by atoms with Crippen LogP contribution in [0.25, 0.3) is 33.4 Å². The van der Waals surface area contributed by atoms with Crippen LogP contribution < -0.4 is 9.62 Å². The highest BCUT2D eigenvalue weighted by Gasteiger charge is 2.29. The van der Waals surface area contributed by atoms with Gasteiger partial charge in [-0.05, 0) is 54.4 Å². The van der Waals surface area contributed by atoms with Crippen LogP contribution in [0.4, 0.5) is 18.9 Å². The molecular formula is C29H26F3N3O5S. The number of halogens is 3. The fraction of sp³-hybridized carbons (Fsp3) is 0.241. The fourth-order valence-electron chi connectivity index (χ4n) is 4.96. The van der Waals surface area contributed by atoms with Gasteiger partial charge in [-0.2, -0.15) is 0 Å². The van der Waals surface area contributed by atoms with Crippen LogP contribution in [0, 0.1) is 5.82 Å². The summed E-state index contributed by atoms with van der Waals surface area (Å²) in [7, 11) is -2.69. The first kappa shape index (κ1) is 28.2. The highest BCUT2D eigenvalue weighted by molar-refractivity contribution is 7.92. The molecule has 1 N–H and O–H groups in total. The van der Waals surface area contributed by atoms with E-state index in [0.29, 0.717) is 15.4 Å². The molecule has 1 atom stereocenters. The number of furan rings is 1. The molecule has 214 valence electrons. The van der Waals surface area contributed by atoms with Crippen LogP contribution in [0.2, 0.25) is 0 Å². The monoisotopic (exact) mass is 585 g/mol. The number of amides is 2. The van der Waals surface area contributed by atoms with Gasteiger partial charge >= 0.3 is 0 Å². The minimum Gasteiger partial charge on any atom is -0.455 e. The van der Waals surface area contributed by atoms with Crippen molar-refractivity contribution in [1.82, 2.24) is 10.2 Å². The molecule has 2 amide bonds. The third-order valence-electron chi connectivity index (χ3n) is 6.98. The zero-order valence-corrected chi connectivity index (χ0v) is 23.0. The Hall–Kier alpha value is -4.32. The number of carbonyl (C=O) groups excluding carboxylic acids is 2. The van der Waals surface area contributed by atoms with Gasteiger partial charge in [-0.25, -0.2) is 25.9 Å². The van der Waals surface area contributed by atoms with Crippen LogP contribution in [0.15, 0.2) is 65.1 Å². The molecule has 12 heteroatoms. The molecule has 1 aliphatic rings. The van der Waals surface area contributed by atoms with Gasteiger partial charge in [0.25, 0.3) is 11.8 Å². The highest BCUT2D eigenvalue weighted by Crippen LogP contribution is 2.42. The molecule has 1 saturated heterocycles. The van der Waals surface area contributed by atoms with Crippen molar-refractivity contribution in [3.8, 4) is 22.5 Å². The molecule has 5 rings (SSSR count). The third-order valence-corrected chi connectivity index (χ3v) is 8.08. The zero-order valence-electron chi connectivity index (χ0n) is 22.2. The average molecular weight is 586 g/mol. The van der Waals surface area contributed by atoms with E-state index in [9.17, 15) is 31.2 Å². The van der Waals surface area contributed by atoms with Crippen LogP contribution in [-0.4, -0.2) is 64.5 Å². The number of alkyl halides is 2. The first-order chi connectivity index (χ1) is 19.5. The van der Waals surface area contributed by atoms with Gasteiger partial charge in [0, 0.05) is 41.7 Å². The van der Waals surface area contributed by atoms with E-state index in [-0.39, 0.29) is 58.6 Å². The molecule has 1 aliphatic heterocycles. The summed E-state index contributed by atoms with van der Waals surface area (Å²) >= 11 is 0. The van der Waals surface area contributed by atoms with Crippen LogP contribution >= 0.6 is 0 Å². The SMILES string of the molecule is CNC(=O)c1c(-c2ccc(F)cc2)oc2cc(N(CF)S(C)(=O)=O)c(-c3cccc(C(=O)N4CCC(F)C4)c3)cc12. The van der Waals surface area contributed by atoms with Crippen molar-refractivity contribution in [3.05, 3.63) is 77.6 Å². The number of rotatable bonds is 7. The lowest BCUT2D eigenvalue weighted by Gasteiger charge is -2.22. The number of likely N-dealkylation sites (tertiary alicyclic amines) is 1. The van der Waals surface area contributed by atoms with E-state index in [1.54, 1.807) is 18.2 Å². The Morgan fingerprint density at radius 2 is 1.83 bits per heavy atom. The zero-order chi connectivity index (χ0) is 29.5. The largest absolute Gasteiger partial charge is 0.455 e. The Labute approximate surface area is 234 Å². The number of benzene rings is 3. The van der Waals surface area contributed by atoms with Gasteiger partial charge < -0.3 is 14.6 Å². The van der Waals surface area contributed by atoms with Crippen LogP contribution in [0.1, 0.15) is 27.1 Å². The van der Waals surface area contributed by atoms with Gasteiger partial charge in [0.1, 0.15) is 23.3 Å². The van der Waals surface area contributed by atoms with Crippen molar-refractivity contribution in [2.24, 2.45) is 0 Å². The maximum atomic E-state index is 14.3. The van der Waals surface area contributed by atoms with Crippen molar-refractivity contribution in [2.45, 2.75) is 12.6 Å². The molecule has 4 aromatic rings. The molecule has 3 aromatic carbocycles. The van der Waals surface area contributed by atoms with Gasteiger partial charge in [-0.1, -0.05) is 12.1 Å². The van der Waals surface area contributed by atoms with E-state index in [0.717, 1.165) is 6.26 Å². The first-order valence-corrected chi connectivity index (χ1v) is 14.5. The molecular weight excluding hydrogens is 559 g/mol. The molecule has 8 nitrogen and oxygen atoms in total. The lowest BCUT2D eigenvalue weighted by molar-refractivity contribution is 0.0782. The summed E-state index contributed by atoms with van der Waals surface area (Å²) in [5.41, 5.74) is 1.29. The number of hydrogen-bond acceptors (Lipinski definition) is 5. The number of fused-ring (bicyclic) bond motifs is 1. The number of anilines is 1. The quantitative estimate of drug-likeness (QED) is 0.303. The van der Waals surface area contributed by atoms with Crippen LogP contribution in [0.3, 0.4) is 0 Å². The lowest BCUT2D eigenvalue weighted by atomic mass is 9.97. The Bertz CT molecular complexity index is 1760. The van der Waals surface area contributed by atoms with Crippen LogP contribution in [-0.2, 0) is 10.0 Å². The summed E-state index contributed by atoms with van der Waals surface area (Å²) in [6, 6.07) is 14.3. The predicted octanol–water partition coefficient (Wildman–Crippen LogP) is 5.14. The maximum Gasteiger partial charge on any atom is 0.255 e. The van der Waals surface area contributed by atoms with Gasteiger partial charge in [-0.15, -0.1) is 0 Å². The Morgan fingerprint density at radius 1 is 1.10 bits per heavy atom. The normalized spacial score (nSPS) is 15.3. The lowest BCUT2D eigenvalue weighted by Crippen LogP contribution is -2.29. The Morgan fingerprint density at radius 3 is 2.44 bits per heavy atom. The van der Waals surface area contributed by atoms with Gasteiger partial charge in [0.05, 0.1) is 24.1 Å². The van der Waals surface area contributed by atoms with Crippen molar-refractivity contribution in [2.75, 3.05) is 37.5 Å². The molecule has 41 heavy (non-hydrogen) atoms.